The van der Waals surface area contributed by atoms with Crippen molar-refractivity contribution in [2.24, 2.45) is 5.92 Å². The molecule has 0 unspecified atom stereocenters. The third kappa shape index (κ3) is 2.38. The monoisotopic (exact) mass is 265 g/mol. The summed E-state index contributed by atoms with van der Waals surface area (Å²) in [6, 6.07) is 4.41. The van der Waals surface area contributed by atoms with Gasteiger partial charge in [0.05, 0.1) is 5.56 Å². The van der Waals surface area contributed by atoms with Crippen LogP contribution < -0.4 is 0 Å². The molecule has 0 amide bonds. The van der Waals surface area contributed by atoms with E-state index in [0.29, 0.717) is 28.6 Å². The van der Waals surface area contributed by atoms with Gasteiger partial charge in [-0.05, 0) is 30.3 Å². The smallest absolute Gasteiger partial charge is 0.195 e. The third-order valence-electron chi connectivity index (χ3n) is 2.53. The molecule has 0 aliphatic rings. The predicted octanol–water partition coefficient (Wildman–Crippen LogP) is 2.67. The number of rotatable bonds is 3. The molecule has 1 heterocycles. The van der Waals surface area contributed by atoms with Crippen molar-refractivity contribution in [3.8, 4) is 22.9 Å². The molecule has 2 rings (SSSR count). The van der Waals surface area contributed by atoms with Crippen LogP contribution in [0.2, 0.25) is 0 Å². The first-order valence-corrected chi connectivity index (χ1v) is 6.07. The number of aromatic nitrogens is 3. The quantitative estimate of drug-likeness (QED) is 0.746. The molecule has 3 N–H and O–H groups in total. The van der Waals surface area contributed by atoms with E-state index >= 15 is 0 Å². The maximum atomic E-state index is 9.85. The summed E-state index contributed by atoms with van der Waals surface area (Å²) in [6.07, 6.45) is 0. The molecule has 0 bridgehead atoms. The molecule has 0 aliphatic heterocycles. The molecule has 96 valence electrons. The molecule has 0 radical (unpaired) electrons. The molecule has 0 fully saturated rings. The second-order valence-corrected chi connectivity index (χ2v) is 4.94. The lowest BCUT2D eigenvalue weighted by Gasteiger charge is -2.10. The number of benzene rings is 1. The van der Waals surface area contributed by atoms with Crippen LogP contribution in [-0.4, -0.2) is 25.0 Å². The fourth-order valence-electron chi connectivity index (χ4n) is 1.77. The number of hydrogen-bond donors (Lipinski definition) is 3. The van der Waals surface area contributed by atoms with Gasteiger partial charge in [0.1, 0.15) is 11.5 Å². The Bertz CT molecular complexity index is 616. The summed E-state index contributed by atoms with van der Waals surface area (Å²) < 4.78 is 2.36. The van der Waals surface area contributed by atoms with E-state index in [1.54, 1.807) is 6.07 Å². The number of H-pyrrole nitrogens is 1. The van der Waals surface area contributed by atoms with Gasteiger partial charge in [-0.3, -0.25) is 9.67 Å². The molecule has 1 aromatic heterocycles. The molecule has 0 spiro atoms. The van der Waals surface area contributed by atoms with Crippen LogP contribution in [0.1, 0.15) is 13.8 Å². The highest BCUT2D eigenvalue weighted by Crippen LogP contribution is 2.31. The highest BCUT2D eigenvalue weighted by Gasteiger charge is 2.14. The Morgan fingerprint density at radius 1 is 1.39 bits per heavy atom. The second-order valence-electron chi connectivity index (χ2n) is 4.56. The van der Waals surface area contributed by atoms with Gasteiger partial charge < -0.3 is 10.2 Å². The molecule has 0 aliphatic carbocycles. The maximum absolute atomic E-state index is 9.85. The summed E-state index contributed by atoms with van der Waals surface area (Å²) in [4.78, 5) is 0. The largest absolute Gasteiger partial charge is 0.508 e. The highest BCUT2D eigenvalue weighted by molar-refractivity contribution is 7.71. The fourth-order valence-corrected chi connectivity index (χ4v) is 1.97. The normalized spacial score (nSPS) is 11.1. The first-order chi connectivity index (χ1) is 8.49. The zero-order valence-corrected chi connectivity index (χ0v) is 11.0. The fraction of sp³-hybridized carbons (Fsp3) is 0.333. The number of phenolic OH excluding ortho intramolecular Hbond substituents is 2. The lowest BCUT2D eigenvalue weighted by Crippen LogP contribution is -2.06. The number of nitrogens with zero attached hydrogens (tertiary/aromatic N) is 2. The van der Waals surface area contributed by atoms with Crippen molar-refractivity contribution in [3.63, 3.8) is 0 Å². The Hall–Kier alpha value is -1.82. The molecule has 6 heteroatoms. The first kappa shape index (κ1) is 12.6. The summed E-state index contributed by atoms with van der Waals surface area (Å²) >= 11 is 5.17. The van der Waals surface area contributed by atoms with Crippen LogP contribution >= 0.6 is 12.2 Å². The van der Waals surface area contributed by atoms with E-state index in [-0.39, 0.29) is 11.5 Å². The summed E-state index contributed by atoms with van der Waals surface area (Å²) in [6.45, 7) is 4.87. The van der Waals surface area contributed by atoms with Crippen LogP contribution in [0.4, 0.5) is 0 Å². The van der Waals surface area contributed by atoms with Crippen molar-refractivity contribution >= 4 is 12.2 Å². The summed E-state index contributed by atoms with van der Waals surface area (Å²) in [7, 11) is 0. The predicted molar refractivity (Wildman–Crippen MR) is 71.0 cm³/mol. The molecule has 0 atom stereocenters. The van der Waals surface area contributed by atoms with Gasteiger partial charge in [-0.15, -0.1) is 0 Å². The molecular formula is C12H15N3O2S. The second kappa shape index (κ2) is 4.81. The van der Waals surface area contributed by atoms with Crippen molar-refractivity contribution < 1.29 is 10.2 Å². The van der Waals surface area contributed by atoms with Crippen LogP contribution in [0, 0.1) is 10.7 Å². The average Bonchev–Trinajstić information content (AvgIpc) is 2.60. The van der Waals surface area contributed by atoms with Crippen molar-refractivity contribution in [2.45, 2.75) is 20.4 Å². The third-order valence-corrected chi connectivity index (χ3v) is 2.84. The zero-order chi connectivity index (χ0) is 13.3. The van der Waals surface area contributed by atoms with Crippen LogP contribution in [-0.2, 0) is 6.54 Å². The number of hydrogen-bond acceptors (Lipinski definition) is 4. The van der Waals surface area contributed by atoms with E-state index in [2.05, 4.69) is 24.0 Å². The average molecular weight is 265 g/mol. The molecule has 0 saturated heterocycles. The van der Waals surface area contributed by atoms with Crippen molar-refractivity contribution in [1.82, 2.24) is 14.8 Å². The molecule has 0 saturated carbocycles. The van der Waals surface area contributed by atoms with Crippen molar-refractivity contribution in [2.75, 3.05) is 0 Å². The number of aromatic amines is 1. The minimum atomic E-state index is -0.0194. The van der Waals surface area contributed by atoms with Gasteiger partial charge in [0.2, 0.25) is 0 Å². The van der Waals surface area contributed by atoms with E-state index < -0.39 is 0 Å². The van der Waals surface area contributed by atoms with Crippen LogP contribution in [0.15, 0.2) is 18.2 Å². The van der Waals surface area contributed by atoms with Gasteiger partial charge in [-0.2, -0.15) is 5.10 Å². The Labute approximate surface area is 110 Å². The minimum Gasteiger partial charge on any atom is -0.508 e. The Balaban J connectivity index is 2.54. The molecule has 2 aromatic rings. The topological polar surface area (TPSA) is 74.1 Å². The summed E-state index contributed by atoms with van der Waals surface area (Å²) in [5, 5.41) is 26.0. The lowest BCUT2D eigenvalue weighted by molar-refractivity contribution is 0.450. The zero-order valence-electron chi connectivity index (χ0n) is 10.2. The van der Waals surface area contributed by atoms with E-state index in [4.69, 9.17) is 12.2 Å². The SMILES string of the molecule is CC(C)Cn1c(-c2ccc(O)cc2O)n[nH]c1=S. The van der Waals surface area contributed by atoms with Gasteiger partial charge in [0.25, 0.3) is 0 Å². The van der Waals surface area contributed by atoms with Gasteiger partial charge in [0.15, 0.2) is 10.6 Å². The van der Waals surface area contributed by atoms with Gasteiger partial charge in [0, 0.05) is 12.6 Å². The number of nitrogens with one attached hydrogen (secondary N) is 1. The molecule has 18 heavy (non-hydrogen) atoms. The van der Waals surface area contributed by atoms with E-state index in [1.807, 2.05) is 4.57 Å². The highest BCUT2D eigenvalue weighted by atomic mass is 32.1. The first-order valence-electron chi connectivity index (χ1n) is 5.66. The summed E-state index contributed by atoms with van der Waals surface area (Å²) in [5.74, 6) is 0.980. The Morgan fingerprint density at radius 3 is 2.72 bits per heavy atom. The van der Waals surface area contributed by atoms with Gasteiger partial charge in [-0.1, -0.05) is 13.8 Å². The Morgan fingerprint density at radius 2 is 2.11 bits per heavy atom. The number of phenols is 2. The van der Waals surface area contributed by atoms with E-state index in [9.17, 15) is 10.2 Å². The molecule has 5 nitrogen and oxygen atoms in total. The minimum absolute atomic E-state index is 0.0146. The number of aromatic hydroxyl groups is 2. The van der Waals surface area contributed by atoms with Gasteiger partial charge >= 0.3 is 0 Å². The van der Waals surface area contributed by atoms with Crippen LogP contribution in [0.5, 0.6) is 11.5 Å². The summed E-state index contributed by atoms with van der Waals surface area (Å²) in [5.41, 5.74) is 0.542. The van der Waals surface area contributed by atoms with Crippen LogP contribution in [0.25, 0.3) is 11.4 Å². The van der Waals surface area contributed by atoms with E-state index in [1.165, 1.54) is 12.1 Å². The van der Waals surface area contributed by atoms with Crippen LogP contribution in [0.3, 0.4) is 0 Å². The maximum Gasteiger partial charge on any atom is 0.195 e. The van der Waals surface area contributed by atoms with Gasteiger partial charge in [-0.25, -0.2) is 0 Å². The molecule has 1 aromatic carbocycles. The van der Waals surface area contributed by atoms with E-state index in [0.717, 1.165) is 0 Å². The standard InChI is InChI=1S/C12H15N3O2S/c1-7(2)6-15-11(13-14-12(15)18)9-4-3-8(16)5-10(9)17/h3-5,7,16-17H,6H2,1-2H3,(H,14,18). The molecular weight excluding hydrogens is 250 g/mol. The lowest BCUT2D eigenvalue weighted by atomic mass is 10.1. The van der Waals surface area contributed by atoms with Crippen molar-refractivity contribution in [1.29, 1.82) is 0 Å². The Kier molecular flexibility index (Phi) is 3.38. The van der Waals surface area contributed by atoms with Crippen molar-refractivity contribution in [3.05, 3.63) is 23.0 Å².